The molecule has 1 heterocycles. The minimum absolute atomic E-state index is 0.574. The van der Waals surface area contributed by atoms with Crippen LogP contribution < -0.4 is 5.73 Å². The largest absolute Gasteiger partial charge is 0.447 e. The van der Waals surface area contributed by atoms with Crippen molar-refractivity contribution in [3.8, 4) is 0 Å². The summed E-state index contributed by atoms with van der Waals surface area (Å²) in [4.78, 5) is 19.5. The summed E-state index contributed by atoms with van der Waals surface area (Å²) in [6.45, 7) is 0. The van der Waals surface area contributed by atoms with E-state index in [0.717, 1.165) is 0 Å². The van der Waals surface area contributed by atoms with Gasteiger partial charge in [-0.25, -0.2) is 0 Å². The van der Waals surface area contributed by atoms with Crippen molar-refractivity contribution in [2.45, 2.75) is 0 Å². The van der Waals surface area contributed by atoms with Gasteiger partial charge in [0.05, 0.1) is 0 Å². The van der Waals surface area contributed by atoms with Gasteiger partial charge >= 0.3 is 5.82 Å². The molecule has 0 saturated heterocycles. The first-order valence-corrected chi connectivity index (χ1v) is 2.39. The Morgan fingerprint density at radius 1 is 1.64 bits per heavy atom. The number of hydrogen-bond donors (Lipinski definition) is 1. The summed E-state index contributed by atoms with van der Waals surface area (Å²) < 4.78 is 3.93. The first-order valence-electron chi connectivity index (χ1n) is 2.39. The lowest BCUT2D eigenvalue weighted by Crippen LogP contribution is -2.13. The highest BCUT2D eigenvalue weighted by Crippen LogP contribution is 2.10. The third kappa shape index (κ3) is 1.13. The van der Waals surface area contributed by atoms with Crippen LogP contribution in [0.4, 0.5) is 5.82 Å². The van der Waals surface area contributed by atoms with Crippen LogP contribution in [0.15, 0.2) is 4.63 Å². The summed E-state index contributed by atoms with van der Waals surface area (Å²) in [5.74, 6) is -1.81. The molecule has 0 saturated carbocycles. The quantitative estimate of drug-likeness (QED) is 0.438. The van der Waals surface area contributed by atoms with Crippen LogP contribution in [0, 0.1) is 10.1 Å². The molecule has 0 unspecified atom stereocenters. The number of amides is 1. The van der Waals surface area contributed by atoms with Gasteiger partial charge in [0.25, 0.3) is 11.6 Å². The zero-order chi connectivity index (χ0) is 8.43. The van der Waals surface area contributed by atoms with Crippen LogP contribution in [0.1, 0.15) is 10.5 Å². The Hall–Kier alpha value is -1.99. The fourth-order valence-corrected chi connectivity index (χ4v) is 0.459. The number of hydrogen-bond acceptors (Lipinski definition) is 6. The van der Waals surface area contributed by atoms with Crippen molar-refractivity contribution < 1.29 is 14.3 Å². The maximum Gasteiger partial charge on any atom is 0.447 e. The lowest BCUT2D eigenvalue weighted by molar-refractivity contribution is -0.391. The van der Waals surface area contributed by atoms with Crippen molar-refractivity contribution in [3.05, 3.63) is 15.8 Å². The summed E-state index contributed by atoms with van der Waals surface area (Å²) >= 11 is 0. The third-order valence-corrected chi connectivity index (χ3v) is 0.878. The number of nitrogens with two attached hydrogens (primary N) is 1. The fraction of sp³-hybridized carbons (Fsp3) is 0. The maximum absolute atomic E-state index is 10.3. The Morgan fingerprint density at radius 2 is 2.27 bits per heavy atom. The van der Waals surface area contributed by atoms with Crippen LogP contribution in [0.5, 0.6) is 0 Å². The lowest BCUT2D eigenvalue weighted by atomic mass is 10.4. The molecule has 2 N–H and O–H groups in total. The van der Waals surface area contributed by atoms with Gasteiger partial charge in [-0.3, -0.25) is 4.79 Å². The Labute approximate surface area is 59.1 Å². The van der Waals surface area contributed by atoms with E-state index in [9.17, 15) is 14.9 Å². The molecular formula is C3H2N4O4. The molecule has 8 nitrogen and oxygen atoms in total. The monoisotopic (exact) mass is 158 g/mol. The van der Waals surface area contributed by atoms with Gasteiger partial charge in [0, 0.05) is 0 Å². The second kappa shape index (κ2) is 2.33. The molecule has 1 amide bonds. The zero-order valence-electron chi connectivity index (χ0n) is 5.05. The van der Waals surface area contributed by atoms with Gasteiger partial charge in [-0.05, 0) is 10.1 Å². The molecule has 0 aliphatic carbocycles. The van der Waals surface area contributed by atoms with Crippen molar-refractivity contribution >= 4 is 11.7 Å². The molecule has 58 valence electrons. The Morgan fingerprint density at radius 3 is 2.64 bits per heavy atom. The standard InChI is InChI=1S/C3H2N4O4/c4-2(8)1-3(7(9)10)6-11-5-1/h(H2,4,8). The first kappa shape index (κ1) is 7.12. The molecular weight excluding hydrogens is 156 g/mol. The molecule has 8 heteroatoms. The molecule has 0 atom stereocenters. The van der Waals surface area contributed by atoms with Crippen LogP contribution in [0.2, 0.25) is 0 Å². The Bertz CT molecular complexity index is 276. The number of aromatic nitrogens is 2. The van der Waals surface area contributed by atoms with Crippen LogP contribution in [-0.2, 0) is 0 Å². The van der Waals surface area contributed by atoms with Crippen LogP contribution in [-0.4, -0.2) is 21.1 Å². The molecule has 11 heavy (non-hydrogen) atoms. The number of carbonyl (C=O) groups is 1. The van der Waals surface area contributed by atoms with Crippen molar-refractivity contribution in [2.75, 3.05) is 0 Å². The third-order valence-electron chi connectivity index (χ3n) is 0.878. The van der Waals surface area contributed by atoms with E-state index in [0.29, 0.717) is 0 Å². The molecule has 0 aliphatic rings. The minimum atomic E-state index is -1.04. The second-order valence-corrected chi connectivity index (χ2v) is 1.56. The molecule has 0 radical (unpaired) electrons. The highest BCUT2D eigenvalue weighted by atomic mass is 16.6. The summed E-state index contributed by atoms with van der Waals surface area (Å²) in [7, 11) is 0. The molecule has 0 fully saturated rings. The van der Waals surface area contributed by atoms with Gasteiger partial charge in [0.2, 0.25) is 0 Å². The van der Waals surface area contributed by atoms with E-state index in [2.05, 4.69) is 14.9 Å². The molecule has 0 aromatic carbocycles. The van der Waals surface area contributed by atoms with Crippen LogP contribution >= 0.6 is 0 Å². The number of nitro groups is 1. The molecule has 0 aliphatic heterocycles. The number of primary amides is 1. The van der Waals surface area contributed by atoms with E-state index in [1.54, 1.807) is 0 Å². The maximum atomic E-state index is 10.3. The van der Waals surface area contributed by atoms with Crippen molar-refractivity contribution in [2.24, 2.45) is 5.73 Å². The van der Waals surface area contributed by atoms with Gasteiger partial charge in [0.15, 0.2) is 5.16 Å². The average molecular weight is 158 g/mol. The highest BCUT2D eigenvalue weighted by molar-refractivity contribution is 5.93. The van der Waals surface area contributed by atoms with E-state index < -0.39 is 22.3 Å². The topological polar surface area (TPSA) is 125 Å². The molecule has 1 rings (SSSR count). The van der Waals surface area contributed by atoms with Gasteiger partial charge < -0.3 is 15.8 Å². The summed E-state index contributed by atoms with van der Waals surface area (Å²) in [5.41, 5.74) is 4.12. The van der Waals surface area contributed by atoms with Crippen molar-refractivity contribution in [1.82, 2.24) is 10.3 Å². The smallest absolute Gasteiger partial charge is 0.364 e. The summed E-state index contributed by atoms with van der Waals surface area (Å²) in [5, 5.41) is 15.8. The minimum Gasteiger partial charge on any atom is -0.364 e. The van der Waals surface area contributed by atoms with E-state index in [1.165, 1.54) is 0 Å². The molecule has 1 aromatic rings. The van der Waals surface area contributed by atoms with Gasteiger partial charge in [-0.15, -0.1) is 4.63 Å². The summed E-state index contributed by atoms with van der Waals surface area (Å²) in [6, 6.07) is 0. The number of rotatable bonds is 2. The van der Waals surface area contributed by atoms with Crippen LogP contribution in [0.25, 0.3) is 0 Å². The normalized spacial score (nSPS) is 9.45. The SMILES string of the molecule is NC(=O)c1nonc1[N+](=O)[O-]. The fourth-order valence-electron chi connectivity index (χ4n) is 0.459. The van der Waals surface area contributed by atoms with Gasteiger partial charge in [-0.2, -0.15) is 0 Å². The molecule has 1 aromatic heterocycles. The Kier molecular flexibility index (Phi) is 1.51. The molecule has 0 spiro atoms. The number of carbonyl (C=O) groups excluding carboxylic acids is 1. The molecule has 0 bridgehead atoms. The predicted molar refractivity (Wildman–Crippen MR) is 29.5 cm³/mol. The average Bonchev–Trinajstić information content (AvgIpc) is 2.32. The highest BCUT2D eigenvalue weighted by Gasteiger charge is 2.26. The van der Waals surface area contributed by atoms with E-state index >= 15 is 0 Å². The second-order valence-electron chi connectivity index (χ2n) is 1.56. The number of nitrogens with zero attached hydrogens (tertiary/aromatic N) is 3. The van der Waals surface area contributed by atoms with Gasteiger partial charge in [-0.1, -0.05) is 0 Å². The van der Waals surface area contributed by atoms with E-state index in [-0.39, 0.29) is 0 Å². The zero-order valence-corrected chi connectivity index (χ0v) is 5.05. The van der Waals surface area contributed by atoms with E-state index in [4.69, 9.17) is 5.73 Å². The van der Waals surface area contributed by atoms with Crippen molar-refractivity contribution in [3.63, 3.8) is 0 Å². The lowest BCUT2D eigenvalue weighted by Gasteiger charge is -1.85. The van der Waals surface area contributed by atoms with E-state index in [1.807, 2.05) is 0 Å². The predicted octanol–water partition coefficient (Wildman–Crippen LogP) is -0.923. The first-order chi connectivity index (χ1) is 5.13. The van der Waals surface area contributed by atoms with Gasteiger partial charge in [0.1, 0.15) is 0 Å². The Balaban J connectivity index is 3.16. The van der Waals surface area contributed by atoms with Crippen molar-refractivity contribution in [1.29, 1.82) is 0 Å². The van der Waals surface area contributed by atoms with Crippen LogP contribution in [0.3, 0.4) is 0 Å². The summed E-state index contributed by atoms with van der Waals surface area (Å²) in [6.07, 6.45) is 0.